The maximum absolute atomic E-state index is 6.75. The van der Waals surface area contributed by atoms with Gasteiger partial charge in [0.1, 0.15) is 22.5 Å². The van der Waals surface area contributed by atoms with E-state index in [9.17, 15) is 0 Å². The van der Waals surface area contributed by atoms with Crippen molar-refractivity contribution in [3.63, 3.8) is 0 Å². The van der Waals surface area contributed by atoms with Gasteiger partial charge >= 0.3 is 0 Å². The van der Waals surface area contributed by atoms with E-state index in [1.54, 1.807) is 0 Å². The third-order valence-electron chi connectivity index (χ3n) is 11.0. The zero-order valence-corrected chi connectivity index (χ0v) is 30.2. The second-order valence-corrected chi connectivity index (χ2v) is 15.2. The maximum atomic E-state index is 6.75. The number of thiophene rings is 1. The Bertz CT molecular complexity index is 3400. The first-order valence-electron chi connectivity index (χ1n) is 18.6. The Morgan fingerprint density at radius 3 is 1.93 bits per heavy atom. The molecular formula is C49H29N3O2S. The Kier molecular flexibility index (Phi) is 6.56. The van der Waals surface area contributed by atoms with Crippen molar-refractivity contribution in [2.24, 2.45) is 0 Å². The molecule has 12 rings (SSSR count). The van der Waals surface area contributed by atoms with Gasteiger partial charge in [0.05, 0.1) is 0 Å². The predicted molar refractivity (Wildman–Crippen MR) is 225 cm³/mol. The first-order valence-corrected chi connectivity index (χ1v) is 19.4. The molecule has 0 atom stereocenters. The predicted octanol–water partition coefficient (Wildman–Crippen LogP) is 13.4. The third-order valence-corrected chi connectivity index (χ3v) is 12.2. The van der Waals surface area contributed by atoms with Gasteiger partial charge in [-0.25, -0.2) is 15.0 Å². The highest BCUT2D eigenvalue weighted by Gasteiger charge is 2.28. The molecule has 0 N–H and O–H groups in total. The molecule has 0 saturated heterocycles. The zero-order valence-electron chi connectivity index (χ0n) is 29.4. The van der Waals surface area contributed by atoms with Crippen LogP contribution in [0.2, 0.25) is 0 Å². The standard InChI is InChI=1S/C49H29N3O2S/c1-2-14-29-28(12-1)13-7-19-32(29)47-50-48(35-20-9-23-38-43(35)33-15-3-5-22-37(33)53-38)52-49(51-47)36-21-10-25-40-46(36)45-31(17-8-24-39(45)54-40)30-18-11-27-42-44(30)34-16-4-6-26-41(34)55-42/h1-9,11-24,26-27H,10,25H2. The van der Waals surface area contributed by atoms with Gasteiger partial charge in [-0.15, -0.1) is 11.3 Å². The molecule has 55 heavy (non-hydrogen) atoms. The number of para-hydroxylation sites is 1. The summed E-state index contributed by atoms with van der Waals surface area (Å²) in [4.78, 5) is 16.0. The van der Waals surface area contributed by atoms with Crippen LogP contribution in [0.5, 0.6) is 0 Å². The van der Waals surface area contributed by atoms with Crippen molar-refractivity contribution >= 4 is 80.8 Å². The van der Waals surface area contributed by atoms with E-state index in [2.05, 4.69) is 121 Å². The largest absolute Gasteiger partial charge is 0.460 e. The summed E-state index contributed by atoms with van der Waals surface area (Å²) in [6.07, 6.45) is 3.90. The smallest absolute Gasteiger partial charge is 0.164 e. The number of aryl methyl sites for hydroxylation is 1. The molecule has 0 unspecified atom stereocenters. The molecule has 1 aliphatic carbocycles. The van der Waals surface area contributed by atoms with Crippen LogP contribution in [-0.4, -0.2) is 15.0 Å². The summed E-state index contributed by atoms with van der Waals surface area (Å²) in [5.41, 5.74) is 8.71. The number of fused-ring (bicyclic) bond motifs is 10. The third kappa shape index (κ3) is 4.62. The van der Waals surface area contributed by atoms with Crippen LogP contribution >= 0.6 is 11.3 Å². The summed E-state index contributed by atoms with van der Waals surface area (Å²) in [6, 6.07) is 50.8. The lowest BCUT2D eigenvalue weighted by Crippen LogP contribution is -2.07. The SMILES string of the molecule is C1=C(c2nc(-c3cccc4ccccc34)nc(-c3cccc4oc5ccccc5c34)n2)c2c(oc3cccc(-c4cccc5sc6ccccc6c45)c23)CC1. The van der Waals surface area contributed by atoms with Crippen LogP contribution in [0.15, 0.2) is 161 Å². The van der Waals surface area contributed by atoms with Gasteiger partial charge < -0.3 is 8.83 Å². The van der Waals surface area contributed by atoms with E-state index >= 15 is 0 Å². The lowest BCUT2D eigenvalue weighted by atomic mass is 9.89. The topological polar surface area (TPSA) is 65.0 Å². The Labute approximate surface area is 318 Å². The molecule has 258 valence electrons. The van der Waals surface area contributed by atoms with Gasteiger partial charge in [-0.1, -0.05) is 121 Å². The lowest BCUT2D eigenvalue weighted by Gasteiger charge is -2.16. The Morgan fingerprint density at radius 2 is 1.04 bits per heavy atom. The minimum absolute atomic E-state index is 0.598. The van der Waals surface area contributed by atoms with E-state index < -0.39 is 0 Å². The van der Waals surface area contributed by atoms with Crippen molar-refractivity contribution in [1.82, 2.24) is 15.0 Å². The molecule has 0 aliphatic heterocycles. The second-order valence-electron chi connectivity index (χ2n) is 14.1. The highest BCUT2D eigenvalue weighted by molar-refractivity contribution is 7.25. The monoisotopic (exact) mass is 723 g/mol. The average molecular weight is 724 g/mol. The van der Waals surface area contributed by atoms with Gasteiger partial charge in [0.2, 0.25) is 0 Å². The fourth-order valence-corrected chi connectivity index (χ4v) is 9.79. The molecule has 5 nitrogen and oxygen atoms in total. The summed E-state index contributed by atoms with van der Waals surface area (Å²) >= 11 is 1.84. The summed E-state index contributed by atoms with van der Waals surface area (Å²) in [6.45, 7) is 0. The molecule has 7 aromatic carbocycles. The van der Waals surface area contributed by atoms with Gasteiger partial charge in [-0.3, -0.25) is 0 Å². The number of furan rings is 2. The molecule has 4 aromatic heterocycles. The quantitative estimate of drug-likeness (QED) is 0.181. The van der Waals surface area contributed by atoms with Crippen LogP contribution in [0.25, 0.3) is 103 Å². The Balaban J connectivity index is 1.14. The van der Waals surface area contributed by atoms with E-state index in [0.717, 1.165) is 90.1 Å². The maximum Gasteiger partial charge on any atom is 0.164 e. The van der Waals surface area contributed by atoms with E-state index in [1.165, 1.54) is 25.7 Å². The van der Waals surface area contributed by atoms with E-state index in [-0.39, 0.29) is 0 Å². The highest BCUT2D eigenvalue weighted by Crippen LogP contribution is 2.47. The van der Waals surface area contributed by atoms with Crippen LogP contribution in [-0.2, 0) is 6.42 Å². The molecule has 0 amide bonds. The van der Waals surface area contributed by atoms with Crippen molar-refractivity contribution in [2.45, 2.75) is 12.8 Å². The molecule has 0 bridgehead atoms. The number of nitrogens with zero attached hydrogens (tertiary/aromatic N) is 3. The van der Waals surface area contributed by atoms with Gasteiger partial charge in [-0.05, 0) is 58.7 Å². The minimum atomic E-state index is 0.598. The van der Waals surface area contributed by atoms with Crippen molar-refractivity contribution in [3.8, 4) is 33.9 Å². The second kappa shape index (κ2) is 11.8. The van der Waals surface area contributed by atoms with E-state index in [4.69, 9.17) is 23.8 Å². The Morgan fingerprint density at radius 1 is 0.436 bits per heavy atom. The number of hydrogen-bond donors (Lipinski definition) is 0. The lowest BCUT2D eigenvalue weighted by molar-refractivity contribution is 0.545. The number of allylic oxidation sites excluding steroid dienone is 1. The summed E-state index contributed by atoms with van der Waals surface area (Å²) in [7, 11) is 0. The summed E-state index contributed by atoms with van der Waals surface area (Å²) < 4.78 is 15.6. The van der Waals surface area contributed by atoms with Crippen molar-refractivity contribution in [1.29, 1.82) is 0 Å². The van der Waals surface area contributed by atoms with Gasteiger partial charge in [0, 0.05) is 65.0 Å². The first-order chi connectivity index (χ1) is 27.3. The van der Waals surface area contributed by atoms with Gasteiger partial charge in [-0.2, -0.15) is 0 Å². The number of benzene rings is 7. The molecular weight excluding hydrogens is 695 g/mol. The van der Waals surface area contributed by atoms with Crippen molar-refractivity contribution in [2.75, 3.05) is 0 Å². The molecule has 0 spiro atoms. The van der Waals surface area contributed by atoms with E-state index in [1.807, 2.05) is 41.7 Å². The fourth-order valence-electron chi connectivity index (χ4n) is 8.65. The molecule has 0 saturated carbocycles. The van der Waals surface area contributed by atoms with Crippen LogP contribution in [0.4, 0.5) is 0 Å². The van der Waals surface area contributed by atoms with E-state index in [0.29, 0.717) is 17.5 Å². The minimum Gasteiger partial charge on any atom is -0.460 e. The van der Waals surface area contributed by atoms with Gasteiger partial charge in [0.15, 0.2) is 17.5 Å². The summed E-state index contributed by atoms with van der Waals surface area (Å²) in [5.74, 6) is 2.80. The normalized spacial score (nSPS) is 13.1. The number of rotatable bonds is 4. The van der Waals surface area contributed by atoms with Crippen LogP contribution in [0, 0.1) is 0 Å². The first kappa shape index (κ1) is 30.6. The van der Waals surface area contributed by atoms with Crippen LogP contribution in [0.1, 0.15) is 23.6 Å². The Hall–Kier alpha value is -6.89. The average Bonchev–Trinajstić information content (AvgIpc) is 3.94. The highest BCUT2D eigenvalue weighted by atomic mass is 32.1. The molecule has 11 aromatic rings. The summed E-state index contributed by atoms with van der Waals surface area (Å²) in [5, 5.41) is 7.87. The van der Waals surface area contributed by atoms with Crippen molar-refractivity contribution < 1.29 is 8.83 Å². The molecule has 4 heterocycles. The number of hydrogen-bond acceptors (Lipinski definition) is 6. The molecule has 0 fully saturated rings. The van der Waals surface area contributed by atoms with Crippen LogP contribution in [0.3, 0.4) is 0 Å². The molecule has 1 aliphatic rings. The van der Waals surface area contributed by atoms with Crippen molar-refractivity contribution in [3.05, 3.63) is 169 Å². The van der Waals surface area contributed by atoms with Gasteiger partial charge in [0.25, 0.3) is 0 Å². The zero-order chi connectivity index (χ0) is 36.0. The molecule has 0 radical (unpaired) electrons. The molecule has 6 heteroatoms. The fraction of sp³-hybridized carbons (Fsp3) is 0.0408. The number of aromatic nitrogens is 3. The van der Waals surface area contributed by atoms with Crippen LogP contribution < -0.4 is 0 Å².